The van der Waals surface area contributed by atoms with Gasteiger partial charge in [0.25, 0.3) is 0 Å². The van der Waals surface area contributed by atoms with E-state index in [4.69, 9.17) is 14.6 Å². The number of rotatable bonds is 3. The molecule has 0 saturated carbocycles. The molecule has 0 unspecified atom stereocenters. The van der Waals surface area contributed by atoms with Crippen LogP contribution in [0.2, 0.25) is 0 Å². The zero-order valence-electron chi connectivity index (χ0n) is 8.96. The van der Waals surface area contributed by atoms with Crippen LogP contribution in [0.1, 0.15) is 19.3 Å². The summed E-state index contributed by atoms with van der Waals surface area (Å²) in [4.78, 5) is 10.8. The highest BCUT2D eigenvalue weighted by molar-refractivity contribution is 5.67. The maximum atomic E-state index is 10.8. The van der Waals surface area contributed by atoms with Gasteiger partial charge in [0.1, 0.15) is 0 Å². The van der Waals surface area contributed by atoms with Gasteiger partial charge in [-0.2, -0.15) is 0 Å². The van der Waals surface area contributed by atoms with Gasteiger partial charge in [-0.15, -0.1) is 0 Å². The molecule has 0 radical (unpaired) electrons. The quantitative estimate of drug-likeness (QED) is 0.689. The Balaban J connectivity index is 2.11. The molecule has 2 atom stereocenters. The van der Waals surface area contributed by atoms with Crippen molar-refractivity contribution in [2.45, 2.75) is 31.7 Å². The first-order valence-corrected chi connectivity index (χ1v) is 5.51. The zero-order chi connectivity index (χ0) is 11.5. The molecule has 1 aliphatic heterocycles. The summed E-state index contributed by atoms with van der Waals surface area (Å²) in [6.07, 6.45) is 2.15. The third-order valence-corrected chi connectivity index (χ3v) is 3.02. The number of carbonyl (C=O) groups is 1. The van der Waals surface area contributed by atoms with Gasteiger partial charge in [-0.3, -0.25) is 4.79 Å². The molecule has 0 spiro atoms. The lowest BCUT2D eigenvalue weighted by molar-refractivity contribution is -0.139. The molecule has 0 amide bonds. The second kappa shape index (κ2) is 4.95. The Kier molecular flexibility index (Phi) is 3.58. The molecule has 0 bridgehead atoms. The van der Waals surface area contributed by atoms with Gasteiger partial charge in [0.15, 0.2) is 6.29 Å². The third kappa shape index (κ3) is 2.42. The van der Waals surface area contributed by atoms with Crippen LogP contribution in [0.25, 0.3) is 0 Å². The average molecular weight is 228 g/mol. The second-order valence-corrected chi connectivity index (χ2v) is 4.13. The summed E-state index contributed by atoms with van der Waals surface area (Å²) >= 11 is 0. The Morgan fingerprint density at radius 1 is 1.44 bits per heavy atom. The van der Waals surface area contributed by atoms with E-state index in [0.717, 1.165) is 12.0 Å². The molecule has 2 rings (SSSR count). The standard InChI is InChI=1S/C11H16O5/c12-9-3-1-2-7(8(9)6-10(13)14)11-15-4-5-16-11/h2,8-9,11-12H,1,3-6H2,(H,13,14)/t8-,9+/m1/s1. The summed E-state index contributed by atoms with van der Waals surface area (Å²) in [6.45, 7) is 1.05. The minimum atomic E-state index is -0.908. The van der Waals surface area contributed by atoms with Crippen molar-refractivity contribution in [1.29, 1.82) is 0 Å². The van der Waals surface area contributed by atoms with Crippen molar-refractivity contribution in [3.8, 4) is 0 Å². The van der Waals surface area contributed by atoms with Crippen LogP contribution >= 0.6 is 0 Å². The van der Waals surface area contributed by atoms with Gasteiger partial charge in [-0.25, -0.2) is 0 Å². The molecule has 1 saturated heterocycles. The lowest BCUT2D eigenvalue weighted by Crippen LogP contribution is -2.33. The first-order valence-electron chi connectivity index (χ1n) is 5.51. The molecule has 0 aromatic carbocycles. The van der Waals surface area contributed by atoms with E-state index in [-0.39, 0.29) is 12.3 Å². The number of aliphatic carboxylic acids is 1. The maximum Gasteiger partial charge on any atom is 0.304 e. The Labute approximate surface area is 93.7 Å². The predicted molar refractivity (Wildman–Crippen MR) is 54.8 cm³/mol. The van der Waals surface area contributed by atoms with E-state index in [1.54, 1.807) is 0 Å². The van der Waals surface area contributed by atoms with Crippen LogP contribution in [-0.2, 0) is 14.3 Å². The Morgan fingerprint density at radius 3 is 2.75 bits per heavy atom. The van der Waals surface area contributed by atoms with Crippen molar-refractivity contribution in [3.05, 3.63) is 11.6 Å². The average Bonchev–Trinajstić information content (AvgIpc) is 2.73. The lowest BCUT2D eigenvalue weighted by Gasteiger charge is -2.30. The summed E-state index contributed by atoms with van der Waals surface area (Å²) in [7, 11) is 0. The highest BCUT2D eigenvalue weighted by Crippen LogP contribution is 2.33. The van der Waals surface area contributed by atoms with Crippen LogP contribution in [0.4, 0.5) is 0 Å². The van der Waals surface area contributed by atoms with Gasteiger partial charge in [0, 0.05) is 5.92 Å². The van der Waals surface area contributed by atoms with E-state index < -0.39 is 18.4 Å². The van der Waals surface area contributed by atoms with Crippen LogP contribution in [-0.4, -0.2) is 41.8 Å². The number of ether oxygens (including phenoxy) is 2. The van der Waals surface area contributed by atoms with Gasteiger partial charge in [0.2, 0.25) is 0 Å². The van der Waals surface area contributed by atoms with Crippen molar-refractivity contribution < 1.29 is 24.5 Å². The monoisotopic (exact) mass is 228 g/mol. The molecular formula is C11H16O5. The number of carboxylic acid groups (broad SMARTS) is 1. The fraction of sp³-hybridized carbons (Fsp3) is 0.727. The summed E-state index contributed by atoms with van der Waals surface area (Å²) < 4.78 is 10.7. The van der Waals surface area contributed by atoms with Crippen molar-refractivity contribution in [3.63, 3.8) is 0 Å². The first kappa shape index (κ1) is 11.6. The van der Waals surface area contributed by atoms with E-state index in [9.17, 15) is 9.90 Å². The number of allylic oxidation sites excluding steroid dienone is 1. The maximum absolute atomic E-state index is 10.8. The predicted octanol–water partition coefficient (Wildman–Crippen LogP) is 0.531. The van der Waals surface area contributed by atoms with E-state index in [2.05, 4.69) is 0 Å². The molecule has 0 aromatic heterocycles. The van der Waals surface area contributed by atoms with E-state index in [1.807, 2.05) is 6.08 Å². The van der Waals surface area contributed by atoms with Crippen LogP contribution in [0.5, 0.6) is 0 Å². The molecular weight excluding hydrogens is 212 g/mol. The summed E-state index contributed by atoms with van der Waals surface area (Å²) in [5, 5.41) is 18.7. The van der Waals surface area contributed by atoms with Crippen LogP contribution in [0, 0.1) is 5.92 Å². The van der Waals surface area contributed by atoms with Crippen molar-refractivity contribution >= 4 is 5.97 Å². The molecule has 0 aromatic rings. The van der Waals surface area contributed by atoms with Crippen molar-refractivity contribution in [2.24, 2.45) is 5.92 Å². The molecule has 16 heavy (non-hydrogen) atoms. The SMILES string of the molecule is O=C(O)C[C@@H]1C(C2OCCO2)=CCC[C@@H]1O. The Morgan fingerprint density at radius 2 is 2.12 bits per heavy atom. The summed E-state index contributed by atoms with van der Waals surface area (Å²) in [5.74, 6) is -1.29. The topological polar surface area (TPSA) is 76.0 Å². The summed E-state index contributed by atoms with van der Waals surface area (Å²) in [6, 6.07) is 0. The molecule has 2 N–H and O–H groups in total. The molecule has 5 nitrogen and oxygen atoms in total. The molecule has 1 fully saturated rings. The highest BCUT2D eigenvalue weighted by atomic mass is 16.7. The molecule has 1 heterocycles. The van der Waals surface area contributed by atoms with E-state index in [0.29, 0.717) is 19.6 Å². The van der Waals surface area contributed by atoms with Crippen molar-refractivity contribution in [2.75, 3.05) is 13.2 Å². The molecule has 2 aliphatic rings. The van der Waals surface area contributed by atoms with Gasteiger partial charge < -0.3 is 19.7 Å². The molecule has 90 valence electrons. The Bertz CT molecular complexity index is 293. The van der Waals surface area contributed by atoms with Crippen LogP contribution in [0.15, 0.2) is 11.6 Å². The largest absolute Gasteiger partial charge is 0.481 e. The molecule has 5 heteroatoms. The van der Waals surface area contributed by atoms with E-state index in [1.165, 1.54) is 0 Å². The number of hydrogen-bond acceptors (Lipinski definition) is 4. The minimum Gasteiger partial charge on any atom is -0.481 e. The number of hydrogen-bond donors (Lipinski definition) is 2. The minimum absolute atomic E-state index is 0.0732. The fourth-order valence-corrected chi connectivity index (χ4v) is 2.26. The highest BCUT2D eigenvalue weighted by Gasteiger charge is 2.35. The Hall–Kier alpha value is -0.910. The van der Waals surface area contributed by atoms with Gasteiger partial charge in [0.05, 0.1) is 25.7 Å². The fourth-order valence-electron chi connectivity index (χ4n) is 2.26. The number of aliphatic hydroxyl groups is 1. The third-order valence-electron chi connectivity index (χ3n) is 3.02. The number of aliphatic hydroxyl groups excluding tert-OH is 1. The summed E-state index contributed by atoms with van der Waals surface area (Å²) in [5.41, 5.74) is 0.790. The van der Waals surface area contributed by atoms with Crippen LogP contribution < -0.4 is 0 Å². The second-order valence-electron chi connectivity index (χ2n) is 4.13. The normalized spacial score (nSPS) is 31.4. The van der Waals surface area contributed by atoms with Gasteiger partial charge >= 0.3 is 5.97 Å². The van der Waals surface area contributed by atoms with Gasteiger partial charge in [-0.05, 0) is 18.4 Å². The van der Waals surface area contributed by atoms with Crippen LogP contribution in [0.3, 0.4) is 0 Å². The zero-order valence-corrected chi connectivity index (χ0v) is 8.96. The number of carboxylic acids is 1. The van der Waals surface area contributed by atoms with E-state index >= 15 is 0 Å². The lowest BCUT2D eigenvalue weighted by atomic mass is 9.82. The first-order chi connectivity index (χ1) is 7.68. The smallest absolute Gasteiger partial charge is 0.304 e. The molecule has 1 aliphatic carbocycles. The van der Waals surface area contributed by atoms with Gasteiger partial charge in [-0.1, -0.05) is 6.08 Å². The van der Waals surface area contributed by atoms with Crippen molar-refractivity contribution in [1.82, 2.24) is 0 Å².